The van der Waals surface area contributed by atoms with Gasteiger partial charge in [-0.2, -0.15) is 0 Å². The minimum atomic E-state index is -1.95. The van der Waals surface area contributed by atoms with Gasteiger partial charge in [-0.25, -0.2) is 0 Å². The number of aliphatic hydroxyl groups is 2. The van der Waals surface area contributed by atoms with Gasteiger partial charge in [0.1, 0.15) is 11.5 Å². The fraction of sp³-hybridized carbons (Fsp3) is 0.400. The Bertz CT molecular complexity index is 957. The molecule has 4 N–H and O–H groups in total. The number of carbonyl (C=O) groups is 3. The van der Waals surface area contributed by atoms with Crippen molar-refractivity contribution in [3.05, 3.63) is 54.6 Å². The van der Waals surface area contributed by atoms with Crippen LogP contribution in [0.4, 0.5) is 5.69 Å². The highest BCUT2D eigenvalue weighted by Gasteiger charge is 2.33. The highest BCUT2D eigenvalue weighted by molar-refractivity contribution is 5.98. The molecule has 0 heterocycles. The lowest BCUT2D eigenvalue weighted by Gasteiger charge is -2.29. The summed E-state index contributed by atoms with van der Waals surface area (Å²) < 4.78 is 10.7. The van der Waals surface area contributed by atoms with Crippen LogP contribution in [0.15, 0.2) is 54.6 Å². The lowest BCUT2D eigenvalue weighted by Crippen LogP contribution is -2.50. The lowest BCUT2D eigenvalue weighted by molar-refractivity contribution is -0.149. The van der Waals surface area contributed by atoms with Crippen molar-refractivity contribution in [3.63, 3.8) is 0 Å². The maximum absolute atomic E-state index is 12.3. The molecule has 3 rings (SSSR count). The van der Waals surface area contributed by atoms with Gasteiger partial charge in [-0.05, 0) is 69.0 Å². The summed E-state index contributed by atoms with van der Waals surface area (Å²) >= 11 is 0. The second-order valence-electron chi connectivity index (χ2n) is 8.13. The van der Waals surface area contributed by atoms with Crippen molar-refractivity contribution < 1.29 is 34.1 Å². The Kier molecular flexibility index (Phi) is 9.00. The van der Waals surface area contributed by atoms with E-state index >= 15 is 0 Å². The number of rotatable bonds is 9. The molecular formula is C25H30N2O7. The molecule has 9 nitrogen and oxygen atoms in total. The Hall–Kier alpha value is -3.43. The van der Waals surface area contributed by atoms with E-state index in [1.807, 2.05) is 30.3 Å². The molecule has 9 heteroatoms. The summed E-state index contributed by atoms with van der Waals surface area (Å²) in [7, 11) is 0. The molecule has 0 unspecified atom stereocenters. The van der Waals surface area contributed by atoms with Gasteiger partial charge in [-0.1, -0.05) is 18.2 Å². The van der Waals surface area contributed by atoms with Crippen LogP contribution in [0.25, 0.3) is 0 Å². The van der Waals surface area contributed by atoms with Gasteiger partial charge >= 0.3 is 5.97 Å². The van der Waals surface area contributed by atoms with Crippen molar-refractivity contribution in [2.45, 2.75) is 50.9 Å². The minimum Gasteiger partial charge on any atom is -0.466 e. The molecule has 0 radical (unpaired) electrons. The molecule has 34 heavy (non-hydrogen) atoms. The van der Waals surface area contributed by atoms with E-state index in [1.54, 1.807) is 31.2 Å². The quantitative estimate of drug-likeness (QED) is 0.413. The van der Waals surface area contributed by atoms with Crippen LogP contribution < -0.4 is 15.4 Å². The van der Waals surface area contributed by atoms with Gasteiger partial charge < -0.3 is 30.3 Å². The van der Waals surface area contributed by atoms with Crippen LogP contribution in [0.5, 0.6) is 11.5 Å². The zero-order chi connectivity index (χ0) is 24.5. The standard InChI is InChI=1S/C25H30N2O7/c1-2-33-25(32)16-8-10-17(11-9-16)26-23(30)21(28)22(29)24(31)27-18-12-14-20(15-13-18)34-19-6-4-3-5-7-19/h3-7,12-17,21-22,28-29H,2,8-11H2,1H3,(H,26,30)(H,27,31)/t16?,17?,21-,22-/m1/s1. The number of nitrogens with one attached hydrogen (secondary N) is 2. The van der Waals surface area contributed by atoms with Gasteiger partial charge in [0, 0.05) is 11.7 Å². The first-order valence-electron chi connectivity index (χ1n) is 11.3. The number of hydrogen-bond donors (Lipinski definition) is 4. The van der Waals surface area contributed by atoms with Crippen molar-refractivity contribution in [1.82, 2.24) is 5.32 Å². The molecule has 0 saturated heterocycles. The van der Waals surface area contributed by atoms with E-state index in [0.29, 0.717) is 49.5 Å². The number of aliphatic hydroxyl groups excluding tert-OH is 2. The third kappa shape index (κ3) is 7.03. The third-order valence-electron chi connectivity index (χ3n) is 5.63. The Labute approximate surface area is 198 Å². The fourth-order valence-electron chi connectivity index (χ4n) is 3.75. The average molecular weight is 471 g/mol. The Morgan fingerprint density at radius 2 is 1.47 bits per heavy atom. The SMILES string of the molecule is CCOC(=O)C1CCC(NC(=O)[C@H](O)[C@@H](O)C(=O)Nc2ccc(Oc3ccccc3)cc2)CC1. The summed E-state index contributed by atoms with van der Waals surface area (Å²) in [6.07, 6.45) is -1.66. The maximum Gasteiger partial charge on any atom is 0.308 e. The van der Waals surface area contributed by atoms with Crippen LogP contribution in [0.2, 0.25) is 0 Å². The molecule has 0 aromatic heterocycles. The van der Waals surface area contributed by atoms with Crippen LogP contribution in [0.1, 0.15) is 32.6 Å². The van der Waals surface area contributed by atoms with Crippen LogP contribution in [-0.4, -0.2) is 52.9 Å². The number of hydrogen-bond acceptors (Lipinski definition) is 7. The van der Waals surface area contributed by atoms with Gasteiger partial charge in [-0.15, -0.1) is 0 Å². The van der Waals surface area contributed by atoms with Gasteiger partial charge in [0.25, 0.3) is 11.8 Å². The zero-order valence-corrected chi connectivity index (χ0v) is 19.0. The van der Waals surface area contributed by atoms with Crippen molar-refractivity contribution in [3.8, 4) is 11.5 Å². The monoisotopic (exact) mass is 470 g/mol. The summed E-state index contributed by atoms with van der Waals surface area (Å²) in [6.45, 7) is 2.08. The smallest absolute Gasteiger partial charge is 0.308 e. The van der Waals surface area contributed by atoms with Crippen molar-refractivity contribution in [1.29, 1.82) is 0 Å². The number of benzene rings is 2. The molecule has 1 aliphatic rings. The van der Waals surface area contributed by atoms with Crippen LogP contribution in [0.3, 0.4) is 0 Å². The third-order valence-corrected chi connectivity index (χ3v) is 5.63. The number of esters is 1. The number of ether oxygens (including phenoxy) is 2. The fourth-order valence-corrected chi connectivity index (χ4v) is 3.75. The Balaban J connectivity index is 1.45. The molecule has 1 aliphatic carbocycles. The van der Waals surface area contributed by atoms with Crippen molar-refractivity contribution in [2.75, 3.05) is 11.9 Å². The van der Waals surface area contributed by atoms with E-state index in [2.05, 4.69) is 10.6 Å². The van der Waals surface area contributed by atoms with Gasteiger partial charge in [0.2, 0.25) is 0 Å². The number of amides is 2. The first kappa shape index (κ1) is 25.2. The van der Waals surface area contributed by atoms with Gasteiger partial charge in [-0.3, -0.25) is 14.4 Å². The van der Waals surface area contributed by atoms with Gasteiger partial charge in [0.05, 0.1) is 12.5 Å². The first-order chi connectivity index (χ1) is 16.4. The van der Waals surface area contributed by atoms with E-state index < -0.39 is 24.0 Å². The maximum atomic E-state index is 12.3. The summed E-state index contributed by atoms with van der Waals surface area (Å²) in [5.41, 5.74) is 0.370. The topological polar surface area (TPSA) is 134 Å². The molecule has 0 spiro atoms. The highest BCUT2D eigenvalue weighted by Crippen LogP contribution is 2.26. The summed E-state index contributed by atoms with van der Waals surface area (Å²) in [6, 6.07) is 15.4. The van der Waals surface area contributed by atoms with Crippen molar-refractivity contribution in [2.24, 2.45) is 5.92 Å². The molecule has 2 amide bonds. The summed E-state index contributed by atoms with van der Waals surface area (Å²) in [5.74, 6) is -0.961. The molecule has 1 fully saturated rings. The largest absolute Gasteiger partial charge is 0.466 e. The van der Waals surface area contributed by atoms with Gasteiger partial charge in [0.15, 0.2) is 12.2 Å². The van der Waals surface area contributed by atoms with E-state index in [9.17, 15) is 24.6 Å². The molecule has 2 aromatic rings. The molecular weight excluding hydrogens is 440 g/mol. The van der Waals surface area contributed by atoms with E-state index in [4.69, 9.17) is 9.47 Å². The Morgan fingerprint density at radius 1 is 0.882 bits per heavy atom. The second-order valence-corrected chi connectivity index (χ2v) is 8.13. The number of carbonyl (C=O) groups excluding carboxylic acids is 3. The zero-order valence-electron chi connectivity index (χ0n) is 19.0. The second kappa shape index (κ2) is 12.2. The van der Waals surface area contributed by atoms with Crippen molar-refractivity contribution >= 4 is 23.5 Å². The molecule has 182 valence electrons. The molecule has 0 aliphatic heterocycles. The predicted octanol–water partition coefficient (Wildman–Crippen LogP) is 2.38. The van der Waals surface area contributed by atoms with Crippen LogP contribution in [0, 0.1) is 5.92 Å². The summed E-state index contributed by atoms with van der Waals surface area (Å²) in [5, 5.41) is 25.4. The van der Waals surface area contributed by atoms with Crippen LogP contribution in [-0.2, 0) is 19.1 Å². The van der Waals surface area contributed by atoms with E-state index in [-0.39, 0.29) is 17.9 Å². The normalized spacial score (nSPS) is 19.4. The number of para-hydroxylation sites is 1. The highest BCUT2D eigenvalue weighted by atomic mass is 16.5. The minimum absolute atomic E-state index is 0.195. The van der Waals surface area contributed by atoms with E-state index in [1.165, 1.54) is 0 Å². The predicted molar refractivity (Wildman–Crippen MR) is 124 cm³/mol. The average Bonchev–Trinajstić information content (AvgIpc) is 2.85. The molecule has 0 bridgehead atoms. The molecule has 2 atom stereocenters. The van der Waals surface area contributed by atoms with Crippen LogP contribution >= 0.6 is 0 Å². The number of anilines is 1. The molecule has 2 aromatic carbocycles. The lowest BCUT2D eigenvalue weighted by atomic mass is 9.86. The summed E-state index contributed by atoms with van der Waals surface area (Å²) in [4.78, 5) is 36.5. The first-order valence-corrected chi connectivity index (χ1v) is 11.3. The molecule has 1 saturated carbocycles. The Morgan fingerprint density at radius 3 is 2.09 bits per heavy atom. The van der Waals surface area contributed by atoms with E-state index in [0.717, 1.165) is 0 Å².